The Hall–Kier alpha value is -8.32. The normalized spacial score (nSPS) is 11.2. The van der Waals surface area contributed by atoms with Crippen molar-refractivity contribution in [3.8, 4) is 23.1 Å². The molecule has 0 unspecified atom stereocenters. The Labute approximate surface area is 409 Å². The van der Waals surface area contributed by atoms with E-state index in [0.29, 0.717) is 5.56 Å². The van der Waals surface area contributed by atoms with Crippen molar-refractivity contribution < 1.29 is 0 Å². The van der Waals surface area contributed by atoms with Gasteiger partial charge in [0.15, 0.2) is 0 Å². The van der Waals surface area contributed by atoms with Gasteiger partial charge in [-0.25, -0.2) is 0 Å². The third kappa shape index (κ3) is 7.27. The molecule has 0 spiro atoms. The third-order valence-electron chi connectivity index (χ3n) is 12.8. The van der Waals surface area contributed by atoms with Crippen LogP contribution in [0.25, 0.3) is 82.5 Å². The summed E-state index contributed by atoms with van der Waals surface area (Å²) in [5.74, 6) is 0. The van der Waals surface area contributed by atoms with Gasteiger partial charge in [-0.2, -0.15) is 5.26 Å². The summed E-state index contributed by atoms with van der Waals surface area (Å²) in [6, 6.07) is 87.7. The lowest BCUT2D eigenvalue weighted by atomic mass is 10.1. The smallest absolute Gasteiger partial charge is 0.0991 e. The van der Waals surface area contributed by atoms with E-state index in [-0.39, 0.29) is 8.41 Å². The van der Waals surface area contributed by atoms with Gasteiger partial charge in [-0.05, 0) is 156 Å². The molecule has 13 rings (SSSR count). The van der Waals surface area contributed by atoms with Crippen molar-refractivity contribution in [3.05, 3.63) is 252 Å². The molecule has 0 aliphatic heterocycles. The molecule has 0 amide bonds. The number of benzene rings is 10. The number of aromatic nitrogens is 3. The molecule has 3 aromatic heterocycles. The molecule has 0 atom stereocenters. The highest BCUT2D eigenvalue weighted by Crippen LogP contribution is 2.42. The molecular formula is C61H40BIN5. The van der Waals surface area contributed by atoms with Crippen molar-refractivity contribution in [3.63, 3.8) is 0 Å². The highest BCUT2D eigenvalue weighted by molar-refractivity contribution is 14.1. The second-order valence-corrected chi connectivity index (χ2v) is 17.9. The van der Waals surface area contributed by atoms with Gasteiger partial charge < -0.3 is 18.6 Å². The van der Waals surface area contributed by atoms with Gasteiger partial charge in [0.2, 0.25) is 0 Å². The molecule has 5 nitrogen and oxygen atoms in total. The Balaban J connectivity index is 0.000000201. The molecule has 68 heavy (non-hydrogen) atoms. The number of anilines is 3. The summed E-state index contributed by atoms with van der Waals surface area (Å²) >= 11 is 2.38. The molecule has 7 heteroatoms. The summed E-state index contributed by atoms with van der Waals surface area (Å²) in [7, 11) is 0. The Morgan fingerprint density at radius 1 is 0.324 bits per heavy atom. The molecule has 3 radical (unpaired) electrons. The van der Waals surface area contributed by atoms with E-state index in [1.54, 1.807) is 0 Å². The molecule has 319 valence electrons. The third-order valence-corrected chi connectivity index (χ3v) is 13.4. The van der Waals surface area contributed by atoms with Crippen LogP contribution in [0.5, 0.6) is 0 Å². The van der Waals surface area contributed by atoms with E-state index in [1.165, 1.54) is 63.6 Å². The van der Waals surface area contributed by atoms with Crippen molar-refractivity contribution in [1.82, 2.24) is 13.7 Å². The number of fused-ring (bicyclic) bond motifs is 9. The number of para-hydroxylation sites is 6. The zero-order valence-corrected chi connectivity index (χ0v) is 38.9. The Morgan fingerprint density at radius 2 is 0.647 bits per heavy atom. The number of halogens is 1. The predicted octanol–water partition coefficient (Wildman–Crippen LogP) is 16.2. The van der Waals surface area contributed by atoms with Crippen LogP contribution in [0.3, 0.4) is 0 Å². The van der Waals surface area contributed by atoms with Gasteiger partial charge in [-0.3, -0.25) is 0 Å². The molecule has 0 saturated heterocycles. The summed E-state index contributed by atoms with van der Waals surface area (Å²) in [4.78, 5) is 2.29. The predicted molar refractivity (Wildman–Crippen MR) is 294 cm³/mol. The van der Waals surface area contributed by atoms with Crippen LogP contribution in [0.2, 0.25) is 0 Å². The van der Waals surface area contributed by atoms with E-state index < -0.39 is 0 Å². The van der Waals surface area contributed by atoms with Crippen LogP contribution in [0.15, 0.2) is 243 Å². The van der Waals surface area contributed by atoms with Crippen molar-refractivity contribution in [1.29, 1.82) is 5.26 Å². The molecular weight excluding hydrogens is 940 g/mol. The molecule has 0 aliphatic carbocycles. The summed E-state index contributed by atoms with van der Waals surface area (Å²) in [5.41, 5.74) is 14.4. The van der Waals surface area contributed by atoms with Gasteiger partial charge >= 0.3 is 0 Å². The molecule has 3 heterocycles. The van der Waals surface area contributed by atoms with Crippen molar-refractivity contribution in [2.24, 2.45) is 0 Å². The van der Waals surface area contributed by atoms with E-state index in [9.17, 15) is 5.26 Å². The maximum Gasteiger partial charge on any atom is 0.0991 e. The van der Waals surface area contributed by atoms with Gasteiger partial charge in [0.25, 0.3) is 0 Å². The lowest BCUT2D eigenvalue weighted by molar-refractivity contribution is 1.18. The zero-order chi connectivity index (χ0) is 44.8. The number of hydrogen-bond donors (Lipinski definition) is 0. The molecule has 0 aliphatic rings. The van der Waals surface area contributed by atoms with Crippen LogP contribution >= 0.6 is 22.6 Å². The minimum Gasteiger partial charge on any atom is -0.310 e. The molecule has 10 aromatic carbocycles. The summed E-state index contributed by atoms with van der Waals surface area (Å²) in [5, 5.41) is 17.0. The number of hydrogen-bond acceptors (Lipinski definition) is 2. The van der Waals surface area contributed by atoms with Crippen LogP contribution in [-0.2, 0) is 0 Å². The van der Waals surface area contributed by atoms with Crippen LogP contribution in [0, 0.1) is 14.9 Å². The van der Waals surface area contributed by atoms with E-state index in [4.69, 9.17) is 0 Å². The topological polar surface area (TPSA) is 41.8 Å². The fourth-order valence-corrected chi connectivity index (χ4v) is 10.3. The summed E-state index contributed by atoms with van der Waals surface area (Å²) in [6.07, 6.45) is 0. The highest BCUT2D eigenvalue weighted by Gasteiger charge is 2.20. The standard InChI is InChI=1S/C43H28N4.C18H12IN.B/c44-29-30-19-21-33(22-20-30)45(34-23-25-42-38(27-34)36-15-7-9-17-40(36)46(42)31-11-3-1-4-12-31)35-24-26-43-39(28-35)37-16-8-10-18-41(37)47(43)32-13-5-2-6-14-32;19-13-10-11-18-16(12-13)15-8-4-5-9-17(15)20(18)14-6-2-1-3-7-14;/h1-28H;1-12H;. The van der Waals surface area contributed by atoms with Gasteiger partial charge in [0.05, 0.1) is 44.7 Å². The van der Waals surface area contributed by atoms with E-state index >= 15 is 0 Å². The fourth-order valence-electron chi connectivity index (χ4n) is 9.84. The first kappa shape index (κ1) is 42.3. The molecule has 0 bridgehead atoms. The monoisotopic (exact) mass is 980 g/mol. The van der Waals surface area contributed by atoms with Gasteiger partial charge in [-0.1, -0.05) is 109 Å². The lowest BCUT2D eigenvalue weighted by Crippen LogP contribution is -2.10. The molecule has 0 saturated carbocycles. The second-order valence-electron chi connectivity index (χ2n) is 16.6. The van der Waals surface area contributed by atoms with Crippen LogP contribution in [0.1, 0.15) is 5.56 Å². The molecule has 13 aromatic rings. The molecule has 0 N–H and O–H groups in total. The number of rotatable bonds is 6. The van der Waals surface area contributed by atoms with Crippen molar-refractivity contribution in [2.45, 2.75) is 0 Å². The number of nitriles is 1. The average molecular weight is 981 g/mol. The van der Waals surface area contributed by atoms with E-state index in [2.05, 4.69) is 266 Å². The number of nitrogens with zero attached hydrogens (tertiary/aromatic N) is 5. The fraction of sp³-hybridized carbons (Fsp3) is 0. The zero-order valence-electron chi connectivity index (χ0n) is 36.8. The van der Waals surface area contributed by atoms with Crippen LogP contribution < -0.4 is 4.90 Å². The van der Waals surface area contributed by atoms with E-state index in [1.807, 2.05) is 24.3 Å². The Kier molecular flexibility index (Phi) is 11.1. The average Bonchev–Trinajstić information content (AvgIpc) is 4.03. The van der Waals surface area contributed by atoms with Gasteiger partial charge in [-0.15, -0.1) is 0 Å². The first-order chi connectivity index (χ1) is 33.1. The van der Waals surface area contributed by atoms with Crippen LogP contribution in [-0.4, -0.2) is 22.1 Å². The Bertz CT molecular complexity index is 3840. The van der Waals surface area contributed by atoms with Crippen LogP contribution in [0.4, 0.5) is 17.1 Å². The molecule has 0 fully saturated rings. The quantitative estimate of drug-likeness (QED) is 0.123. The minimum absolute atomic E-state index is 0. The maximum atomic E-state index is 9.56. The van der Waals surface area contributed by atoms with Gasteiger partial charge in [0, 0.05) is 78.4 Å². The Morgan fingerprint density at radius 3 is 1.04 bits per heavy atom. The van der Waals surface area contributed by atoms with E-state index in [0.717, 1.165) is 39.5 Å². The van der Waals surface area contributed by atoms with Gasteiger partial charge in [0.1, 0.15) is 0 Å². The van der Waals surface area contributed by atoms with Crippen molar-refractivity contribution in [2.75, 3.05) is 4.90 Å². The summed E-state index contributed by atoms with van der Waals surface area (Å²) in [6.45, 7) is 0. The van der Waals surface area contributed by atoms with Crippen molar-refractivity contribution >= 4 is 113 Å². The minimum atomic E-state index is 0. The highest BCUT2D eigenvalue weighted by atomic mass is 127. The first-order valence-corrected chi connectivity index (χ1v) is 23.4. The largest absolute Gasteiger partial charge is 0.310 e. The SMILES string of the molecule is Ic1ccc2c(c1)c1ccccc1n2-c1ccccc1.N#Cc1ccc(N(c2ccc3c(c2)c2ccccc2n3-c2ccccc2)c2ccc3c(c2)c2ccccc2n3-c2ccccc2)cc1.[B]. The first-order valence-electron chi connectivity index (χ1n) is 22.3. The maximum absolute atomic E-state index is 9.56. The lowest BCUT2D eigenvalue weighted by Gasteiger charge is -2.26. The summed E-state index contributed by atoms with van der Waals surface area (Å²) < 4.78 is 8.28. The second kappa shape index (κ2) is 17.8.